The Morgan fingerprint density at radius 2 is 1.45 bits per heavy atom. The van der Waals surface area contributed by atoms with Crippen LogP contribution in [0.2, 0.25) is 0 Å². The van der Waals surface area contributed by atoms with E-state index in [1.807, 2.05) is 0 Å². The molecule has 0 saturated heterocycles. The lowest BCUT2D eigenvalue weighted by Crippen LogP contribution is -2.23. The van der Waals surface area contributed by atoms with Crippen molar-refractivity contribution in [2.45, 2.75) is 65.7 Å². The van der Waals surface area contributed by atoms with E-state index in [0.29, 0.717) is 0 Å². The summed E-state index contributed by atoms with van der Waals surface area (Å²) in [6.45, 7) is 13.8. The lowest BCUT2D eigenvalue weighted by Gasteiger charge is -2.36. The summed E-state index contributed by atoms with van der Waals surface area (Å²) in [5.74, 6) is -5.94. The van der Waals surface area contributed by atoms with Gasteiger partial charge in [0.25, 0.3) is 10.1 Å². The second-order valence-electron chi connectivity index (χ2n) is 10.1. The third-order valence-corrected chi connectivity index (χ3v) is 6.08. The van der Waals surface area contributed by atoms with E-state index < -0.39 is 43.8 Å². The fraction of sp³-hybridized carbons (Fsp3) is 0.478. The average Bonchev–Trinajstić information content (AvgIpc) is 2.60. The molecule has 1 atom stereocenters. The first-order valence-corrected chi connectivity index (χ1v) is 11.3. The molecular weight excluding hydrogens is 429 g/mol. The Morgan fingerprint density at radius 3 is 1.87 bits per heavy atom. The standard InChI is InChI=1S/C23H29F3O4S/c1-13-17(24)20(18(25)19(26)21(13)31(27,28)29)30-15-10-8-14(9-11-15)16(23(5,6)7)12-22(2,3)4/h8-11,16H,12H2,1-7H3,(H,27,28,29). The van der Waals surface area contributed by atoms with Gasteiger partial charge in [-0.3, -0.25) is 4.55 Å². The van der Waals surface area contributed by atoms with Gasteiger partial charge < -0.3 is 4.74 Å². The fourth-order valence-corrected chi connectivity index (χ4v) is 4.34. The van der Waals surface area contributed by atoms with Crippen LogP contribution < -0.4 is 4.74 Å². The van der Waals surface area contributed by atoms with E-state index in [9.17, 15) is 21.6 Å². The summed E-state index contributed by atoms with van der Waals surface area (Å²) < 4.78 is 79.9. The number of ether oxygens (including phenoxy) is 1. The number of hydrogen-bond donors (Lipinski definition) is 1. The molecule has 0 radical (unpaired) electrons. The van der Waals surface area contributed by atoms with E-state index in [4.69, 9.17) is 9.29 Å². The highest BCUT2D eigenvalue weighted by Gasteiger charge is 2.32. The highest BCUT2D eigenvalue weighted by atomic mass is 32.2. The first-order valence-electron chi connectivity index (χ1n) is 9.86. The van der Waals surface area contributed by atoms with Gasteiger partial charge >= 0.3 is 0 Å². The largest absolute Gasteiger partial charge is 0.451 e. The van der Waals surface area contributed by atoms with Crippen molar-refractivity contribution >= 4 is 10.1 Å². The van der Waals surface area contributed by atoms with Crippen LogP contribution in [-0.2, 0) is 10.1 Å². The quantitative estimate of drug-likeness (QED) is 0.386. The summed E-state index contributed by atoms with van der Waals surface area (Å²) >= 11 is 0. The normalized spacial score (nSPS) is 13.9. The molecule has 8 heteroatoms. The van der Waals surface area contributed by atoms with Crippen LogP contribution in [0.5, 0.6) is 11.5 Å². The molecule has 0 heterocycles. The van der Waals surface area contributed by atoms with Gasteiger partial charge in [-0.05, 0) is 47.8 Å². The fourth-order valence-electron chi connectivity index (χ4n) is 3.55. The van der Waals surface area contributed by atoms with Gasteiger partial charge in [0.15, 0.2) is 11.6 Å². The SMILES string of the molecule is Cc1c(F)c(Oc2ccc(C(CC(C)(C)C)C(C)(C)C)cc2)c(F)c(F)c1S(=O)(=O)O. The summed E-state index contributed by atoms with van der Waals surface area (Å²) in [6.07, 6.45) is 0.918. The summed E-state index contributed by atoms with van der Waals surface area (Å²) in [4.78, 5) is -1.44. The predicted octanol–water partition coefficient (Wildman–Crippen LogP) is 7.02. The Bertz CT molecular complexity index is 1030. The Labute approximate surface area is 182 Å². The Hall–Kier alpha value is -2.06. The Kier molecular flexibility index (Phi) is 6.88. The van der Waals surface area contributed by atoms with E-state index in [0.717, 1.165) is 18.9 Å². The van der Waals surface area contributed by atoms with Gasteiger partial charge in [0.1, 0.15) is 10.6 Å². The first kappa shape index (κ1) is 25.2. The molecule has 0 saturated carbocycles. The van der Waals surface area contributed by atoms with Crippen molar-refractivity contribution in [1.29, 1.82) is 0 Å². The van der Waals surface area contributed by atoms with Crippen LogP contribution in [0.25, 0.3) is 0 Å². The zero-order valence-corrected chi connectivity index (χ0v) is 19.6. The minimum absolute atomic E-state index is 0.0280. The molecule has 0 spiro atoms. The minimum Gasteiger partial charge on any atom is -0.451 e. The van der Waals surface area contributed by atoms with Gasteiger partial charge in [-0.15, -0.1) is 0 Å². The molecule has 1 N–H and O–H groups in total. The number of halogens is 3. The second-order valence-corrected chi connectivity index (χ2v) is 11.4. The Balaban J connectivity index is 2.44. The lowest BCUT2D eigenvalue weighted by molar-refractivity contribution is 0.229. The monoisotopic (exact) mass is 458 g/mol. The molecular formula is C23H29F3O4S. The van der Waals surface area contributed by atoms with Crippen molar-refractivity contribution < 1.29 is 30.9 Å². The molecule has 1 unspecified atom stereocenters. The molecule has 4 nitrogen and oxygen atoms in total. The van der Waals surface area contributed by atoms with Gasteiger partial charge in [0.2, 0.25) is 11.6 Å². The van der Waals surface area contributed by atoms with Gasteiger partial charge in [0.05, 0.1) is 0 Å². The van der Waals surface area contributed by atoms with Crippen LogP contribution in [0.15, 0.2) is 29.2 Å². The molecule has 0 aliphatic carbocycles. The topological polar surface area (TPSA) is 63.6 Å². The zero-order valence-electron chi connectivity index (χ0n) is 18.8. The molecule has 2 aromatic carbocycles. The molecule has 0 aliphatic heterocycles. The van der Waals surface area contributed by atoms with Crippen molar-refractivity contribution in [1.82, 2.24) is 0 Å². The van der Waals surface area contributed by atoms with Gasteiger partial charge in [-0.1, -0.05) is 53.7 Å². The van der Waals surface area contributed by atoms with Crippen molar-refractivity contribution in [2.24, 2.45) is 10.8 Å². The summed E-state index contributed by atoms with van der Waals surface area (Å²) in [5.41, 5.74) is 0.314. The third-order valence-electron chi connectivity index (χ3n) is 5.08. The smallest absolute Gasteiger partial charge is 0.297 e. The van der Waals surface area contributed by atoms with E-state index in [1.165, 1.54) is 12.1 Å². The number of hydrogen-bond acceptors (Lipinski definition) is 3. The molecule has 2 aromatic rings. The minimum atomic E-state index is -5.15. The zero-order chi connectivity index (χ0) is 23.9. The van der Waals surface area contributed by atoms with E-state index in [1.54, 1.807) is 12.1 Å². The van der Waals surface area contributed by atoms with E-state index >= 15 is 0 Å². The molecule has 0 fully saturated rings. The lowest BCUT2D eigenvalue weighted by atomic mass is 9.69. The molecule has 172 valence electrons. The van der Waals surface area contributed by atoms with Crippen molar-refractivity contribution in [3.63, 3.8) is 0 Å². The maximum atomic E-state index is 14.6. The average molecular weight is 459 g/mol. The van der Waals surface area contributed by atoms with Crippen LogP contribution in [0.3, 0.4) is 0 Å². The van der Waals surface area contributed by atoms with Crippen LogP contribution in [0, 0.1) is 35.2 Å². The van der Waals surface area contributed by atoms with Crippen molar-refractivity contribution in [2.75, 3.05) is 0 Å². The van der Waals surface area contributed by atoms with Gasteiger partial charge in [-0.2, -0.15) is 12.8 Å². The highest BCUT2D eigenvalue weighted by Crippen LogP contribution is 2.43. The van der Waals surface area contributed by atoms with Crippen LogP contribution >= 0.6 is 0 Å². The molecule has 2 rings (SSSR count). The predicted molar refractivity (Wildman–Crippen MR) is 114 cm³/mol. The summed E-state index contributed by atoms with van der Waals surface area (Å²) in [6, 6.07) is 6.64. The first-order chi connectivity index (χ1) is 13.9. The maximum Gasteiger partial charge on any atom is 0.297 e. The van der Waals surface area contributed by atoms with Gasteiger partial charge in [-0.25, -0.2) is 8.78 Å². The third kappa shape index (κ3) is 5.80. The van der Waals surface area contributed by atoms with Crippen molar-refractivity contribution in [3.05, 3.63) is 52.8 Å². The molecule has 0 aliphatic rings. The second kappa shape index (κ2) is 8.47. The Morgan fingerprint density at radius 1 is 0.935 bits per heavy atom. The molecule has 0 amide bonds. The van der Waals surface area contributed by atoms with E-state index in [2.05, 4.69) is 41.5 Å². The highest BCUT2D eigenvalue weighted by molar-refractivity contribution is 7.85. The molecule has 0 aromatic heterocycles. The van der Waals surface area contributed by atoms with Crippen LogP contribution in [0.4, 0.5) is 13.2 Å². The molecule has 0 bridgehead atoms. The van der Waals surface area contributed by atoms with Crippen LogP contribution in [0.1, 0.15) is 65.0 Å². The number of benzene rings is 2. The molecule has 31 heavy (non-hydrogen) atoms. The van der Waals surface area contributed by atoms with E-state index in [-0.39, 0.29) is 22.5 Å². The summed E-state index contributed by atoms with van der Waals surface area (Å²) in [5, 5.41) is 0. The van der Waals surface area contributed by atoms with Gasteiger partial charge in [0, 0.05) is 5.56 Å². The van der Waals surface area contributed by atoms with Crippen molar-refractivity contribution in [3.8, 4) is 11.5 Å². The maximum absolute atomic E-state index is 14.6. The summed E-state index contributed by atoms with van der Waals surface area (Å²) in [7, 11) is -5.15. The van der Waals surface area contributed by atoms with Crippen LogP contribution in [-0.4, -0.2) is 13.0 Å². The number of rotatable bonds is 5.